The highest BCUT2D eigenvalue weighted by Gasteiger charge is 2.00. The van der Waals surface area contributed by atoms with Crippen molar-refractivity contribution in [1.29, 1.82) is 0 Å². The van der Waals surface area contributed by atoms with Crippen LogP contribution in [-0.4, -0.2) is 34.9 Å². The van der Waals surface area contributed by atoms with Crippen molar-refractivity contribution in [1.82, 2.24) is 15.5 Å². The third-order valence-electron chi connectivity index (χ3n) is 1.73. The molecule has 1 heterocycles. The number of aliphatic hydroxyl groups excluding tert-OH is 1. The average Bonchev–Trinajstić information content (AvgIpc) is 2.64. The number of nitrogens with zero attached hydrogens (tertiary/aromatic N) is 2. The van der Waals surface area contributed by atoms with Crippen molar-refractivity contribution in [3.63, 3.8) is 0 Å². The topological polar surface area (TPSA) is 71.2 Å². The summed E-state index contributed by atoms with van der Waals surface area (Å²) in [6.07, 6.45) is 2.13. The summed E-state index contributed by atoms with van der Waals surface area (Å²) in [5.74, 6) is 0.937. The Bertz CT molecular complexity index is 213. The predicted octanol–water partition coefficient (Wildman–Crippen LogP) is -0.170. The maximum absolute atomic E-state index is 8.74. The van der Waals surface area contributed by atoms with Crippen LogP contribution in [0.5, 0.6) is 0 Å². The minimum atomic E-state index is 0.216. The van der Waals surface area contributed by atoms with Gasteiger partial charge < -0.3 is 14.9 Å². The van der Waals surface area contributed by atoms with Gasteiger partial charge in [-0.2, -0.15) is 4.98 Å². The first-order chi connectivity index (χ1) is 6.33. The van der Waals surface area contributed by atoms with Crippen LogP contribution in [0, 0.1) is 5.92 Å². The molecule has 5 heteroatoms. The standard InChI is InChI=1S/C8H15N3O2/c1-7(5-12)4-9-3-2-8-10-6-11-13-8/h6-7,9,12H,2-5H2,1H3. The molecule has 1 atom stereocenters. The van der Waals surface area contributed by atoms with Crippen molar-refractivity contribution < 1.29 is 9.63 Å². The number of hydrogen-bond donors (Lipinski definition) is 2. The molecule has 74 valence electrons. The molecule has 5 nitrogen and oxygen atoms in total. The lowest BCUT2D eigenvalue weighted by Gasteiger charge is -2.07. The van der Waals surface area contributed by atoms with E-state index in [0.717, 1.165) is 19.5 Å². The zero-order chi connectivity index (χ0) is 9.52. The monoisotopic (exact) mass is 185 g/mol. The fraction of sp³-hybridized carbons (Fsp3) is 0.750. The van der Waals surface area contributed by atoms with E-state index in [1.54, 1.807) is 0 Å². The second-order valence-electron chi connectivity index (χ2n) is 3.08. The molecule has 0 aliphatic carbocycles. The first kappa shape index (κ1) is 10.1. The summed E-state index contributed by atoms with van der Waals surface area (Å²) in [5, 5.41) is 15.4. The van der Waals surface area contributed by atoms with Gasteiger partial charge in [-0.1, -0.05) is 12.1 Å². The van der Waals surface area contributed by atoms with Gasteiger partial charge in [-0.3, -0.25) is 0 Å². The number of rotatable bonds is 6. The summed E-state index contributed by atoms with van der Waals surface area (Å²) >= 11 is 0. The van der Waals surface area contributed by atoms with Gasteiger partial charge in [0.2, 0.25) is 5.89 Å². The first-order valence-corrected chi connectivity index (χ1v) is 4.40. The first-order valence-electron chi connectivity index (χ1n) is 4.40. The number of aromatic nitrogens is 2. The smallest absolute Gasteiger partial charge is 0.227 e. The van der Waals surface area contributed by atoms with Gasteiger partial charge in [0.15, 0.2) is 6.33 Å². The van der Waals surface area contributed by atoms with Crippen molar-refractivity contribution in [2.24, 2.45) is 5.92 Å². The molecule has 0 bridgehead atoms. The Kier molecular flexibility index (Phi) is 4.42. The van der Waals surface area contributed by atoms with Gasteiger partial charge in [-0.15, -0.1) is 0 Å². The van der Waals surface area contributed by atoms with E-state index in [-0.39, 0.29) is 6.61 Å². The fourth-order valence-corrected chi connectivity index (χ4v) is 0.914. The second-order valence-corrected chi connectivity index (χ2v) is 3.08. The van der Waals surface area contributed by atoms with E-state index in [0.29, 0.717) is 11.8 Å². The second kappa shape index (κ2) is 5.66. The van der Waals surface area contributed by atoms with E-state index < -0.39 is 0 Å². The van der Waals surface area contributed by atoms with Crippen LogP contribution in [0.25, 0.3) is 0 Å². The van der Waals surface area contributed by atoms with Gasteiger partial charge in [0, 0.05) is 19.6 Å². The minimum absolute atomic E-state index is 0.216. The summed E-state index contributed by atoms with van der Waals surface area (Å²) in [4.78, 5) is 3.89. The van der Waals surface area contributed by atoms with E-state index in [4.69, 9.17) is 9.63 Å². The molecule has 1 unspecified atom stereocenters. The largest absolute Gasteiger partial charge is 0.396 e. The lowest BCUT2D eigenvalue weighted by molar-refractivity contribution is 0.233. The van der Waals surface area contributed by atoms with Crippen LogP contribution in [0.4, 0.5) is 0 Å². The van der Waals surface area contributed by atoms with Crippen LogP contribution in [0.15, 0.2) is 10.9 Å². The Morgan fingerprint density at radius 3 is 3.15 bits per heavy atom. The number of nitrogens with one attached hydrogen (secondary N) is 1. The number of hydrogen-bond acceptors (Lipinski definition) is 5. The van der Waals surface area contributed by atoms with Crippen LogP contribution >= 0.6 is 0 Å². The van der Waals surface area contributed by atoms with Crippen LogP contribution in [0.1, 0.15) is 12.8 Å². The van der Waals surface area contributed by atoms with Crippen molar-refractivity contribution in [2.75, 3.05) is 19.7 Å². The summed E-state index contributed by atoms with van der Waals surface area (Å²) < 4.78 is 4.82. The van der Waals surface area contributed by atoms with Gasteiger partial charge in [-0.05, 0) is 12.5 Å². The molecule has 1 aromatic rings. The van der Waals surface area contributed by atoms with Crippen LogP contribution < -0.4 is 5.32 Å². The Balaban J connectivity index is 2.02. The molecule has 0 saturated carbocycles. The highest BCUT2D eigenvalue weighted by atomic mass is 16.5. The molecule has 1 rings (SSSR count). The van der Waals surface area contributed by atoms with Crippen LogP contribution in [0.2, 0.25) is 0 Å². The quantitative estimate of drug-likeness (QED) is 0.602. The molecule has 1 aromatic heterocycles. The molecule has 0 fully saturated rings. The predicted molar refractivity (Wildman–Crippen MR) is 47.1 cm³/mol. The van der Waals surface area contributed by atoms with E-state index in [1.165, 1.54) is 6.33 Å². The van der Waals surface area contributed by atoms with Gasteiger partial charge in [0.1, 0.15) is 0 Å². The molecule has 0 aliphatic heterocycles. The van der Waals surface area contributed by atoms with Crippen LogP contribution in [-0.2, 0) is 6.42 Å². The van der Waals surface area contributed by atoms with E-state index in [2.05, 4.69) is 15.5 Å². The van der Waals surface area contributed by atoms with Crippen molar-refractivity contribution in [3.05, 3.63) is 12.2 Å². The Morgan fingerprint density at radius 1 is 1.69 bits per heavy atom. The molecule has 0 spiro atoms. The fourth-order valence-electron chi connectivity index (χ4n) is 0.914. The SMILES string of the molecule is CC(CO)CNCCc1ncno1. The maximum atomic E-state index is 8.74. The lowest BCUT2D eigenvalue weighted by Crippen LogP contribution is -2.25. The van der Waals surface area contributed by atoms with Crippen molar-refractivity contribution in [3.8, 4) is 0 Å². The minimum Gasteiger partial charge on any atom is -0.396 e. The van der Waals surface area contributed by atoms with E-state index in [1.807, 2.05) is 6.92 Å². The molecule has 0 amide bonds. The maximum Gasteiger partial charge on any atom is 0.227 e. The summed E-state index contributed by atoms with van der Waals surface area (Å²) in [6, 6.07) is 0. The summed E-state index contributed by atoms with van der Waals surface area (Å²) in [7, 11) is 0. The van der Waals surface area contributed by atoms with E-state index in [9.17, 15) is 0 Å². The molecular formula is C8H15N3O2. The number of aliphatic hydroxyl groups is 1. The molecule has 2 N–H and O–H groups in total. The van der Waals surface area contributed by atoms with Gasteiger partial charge >= 0.3 is 0 Å². The molecule has 0 saturated heterocycles. The molecule has 13 heavy (non-hydrogen) atoms. The highest BCUT2D eigenvalue weighted by molar-refractivity contribution is 4.75. The molecular weight excluding hydrogens is 170 g/mol. The van der Waals surface area contributed by atoms with E-state index >= 15 is 0 Å². The van der Waals surface area contributed by atoms with Crippen LogP contribution in [0.3, 0.4) is 0 Å². The molecule has 0 radical (unpaired) electrons. The zero-order valence-corrected chi connectivity index (χ0v) is 7.73. The van der Waals surface area contributed by atoms with Gasteiger partial charge in [-0.25, -0.2) is 0 Å². The van der Waals surface area contributed by atoms with Gasteiger partial charge in [0.05, 0.1) is 0 Å². The lowest BCUT2D eigenvalue weighted by atomic mass is 10.2. The van der Waals surface area contributed by atoms with Crippen molar-refractivity contribution >= 4 is 0 Å². The summed E-state index contributed by atoms with van der Waals surface area (Å²) in [6.45, 7) is 3.81. The molecule has 0 aromatic carbocycles. The Morgan fingerprint density at radius 2 is 2.54 bits per heavy atom. The normalized spacial score (nSPS) is 13.1. The Hall–Kier alpha value is -0.940. The molecule has 0 aliphatic rings. The highest BCUT2D eigenvalue weighted by Crippen LogP contribution is 1.92. The zero-order valence-electron chi connectivity index (χ0n) is 7.73. The third kappa shape index (κ3) is 4.00. The third-order valence-corrected chi connectivity index (χ3v) is 1.73. The van der Waals surface area contributed by atoms with Gasteiger partial charge in [0.25, 0.3) is 0 Å². The summed E-state index contributed by atoms with van der Waals surface area (Å²) in [5.41, 5.74) is 0. The van der Waals surface area contributed by atoms with Crippen molar-refractivity contribution in [2.45, 2.75) is 13.3 Å². The Labute approximate surface area is 77.2 Å². The average molecular weight is 185 g/mol.